The van der Waals surface area contributed by atoms with Gasteiger partial charge in [0.1, 0.15) is 0 Å². The first-order valence-corrected chi connectivity index (χ1v) is 7.60. The maximum absolute atomic E-state index is 9.43. The molecule has 0 bridgehead atoms. The standard InChI is InChI=1S/C16H34O2/c1-12(2)7-8-18-16(9-13(3)4)11-14(5)10-15(6)17/h12-17H,7-11H2,1-6H3. The Kier molecular flexibility index (Phi) is 9.76. The van der Waals surface area contributed by atoms with Gasteiger partial charge in [-0.25, -0.2) is 0 Å². The van der Waals surface area contributed by atoms with Gasteiger partial charge in [0.25, 0.3) is 0 Å². The highest BCUT2D eigenvalue weighted by molar-refractivity contribution is 4.67. The molecule has 0 aromatic heterocycles. The molecule has 2 heteroatoms. The van der Waals surface area contributed by atoms with E-state index in [9.17, 15) is 5.11 Å². The molecule has 0 radical (unpaired) electrons. The van der Waals surface area contributed by atoms with Crippen LogP contribution < -0.4 is 0 Å². The molecule has 3 atom stereocenters. The predicted molar refractivity (Wildman–Crippen MR) is 78.7 cm³/mol. The smallest absolute Gasteiger partial charge is 0.0580 e. The predicted octanol–water partition coefficient (Wildman–Crippen LogP) is 4.26. The topological polar surface area (TPSA) is 29.5 Å². The van der Waals surface area contributed by atoms with Gasteiger partial charge in [-0.3, -0.25) is 0 Å². The van der Waals surface area contributed by atoms with Crippen LogP contribution in [0.1, 0.15) is 67.2 Å². The molecule has 0 aliphatic rings. The summed E-state index contributed by atoms with van der Waals surface area (Å²) in [5, 5.41) is 9.43. The summed E-state index contributed by atoms with van der Waals surface area (Å²) in [6.07, 6.45) is 4.37. The van der Waals surface area contributed by atoms with E-state index in [1.807, 2.05) is 6.92 Å². The number of ether oxygens (including phenoxy) is 1. The SMILES string of the molecule is CC(C)CCOC(CC(C)C)CC(C)CC(C)O. The van der Waals surface area contributed by atoms with Gasteiger partial charge in [0.05, 0.1) is 12.2 Å². The highest BCUT2D eigenvalue weighted by Crippen LogP contribution is 2.20. The van der Waals surface area contributed by atoms with Crippen LogP contribution in [0.2, 0.25) is 0 Å². The molecule has 2 nitrogen and oxygen atoms in total. The van der Waals surface area contributed by atoms with Crippen molar-refractivity contribution in [1.29, 1.82) is 0 Å². The number of aliphatic hydroxyl groups is 1. The van der Waals surface area contributed by atoms with E-state index in [2.05, 4.69) is 34.6 Å². The molecule has 0 aromatic rings. The van der Waals surface area contributed by atoms with E-state index >= 15 is 0 Å². The molecule has 0 aliphatic heterocycles. The molecule has 3 unspecified atom stereocenters. The van der Waals surface area contributed by atoms with Gasteiger partial charge in [-0.05, 0) is 50.4 Å². The molecule has 0 fully saturated rings. The second-order valence-electron chi connectivity index (χ2n) is 6.73. The molecule has 0 heterocycles. The molecule has 0 spiro atoms. The Morgan fingerprint density at radius 1 is 0.833 bits per heavy atom. The zero-order valence-corrected chi connectivity index (χ0v) is 13.3. The second-order valence-corrected chi connectivity index (χ2v) is 6.73. The van der Waals surface area contributed by atoms with Gasteiger partial charge >= 0.3 is 0 Å². The third-order valence-electron chi connectivity index (χ3n) is 3.19. The summed E-state index contributed by atoms with van der Waals surface area (Å²) in [5.41, 5.74) is 0. The van der Waals surface area contributed by atoms with E-state index in [1.54, 1.807) is 0 Å². The third-order valence-corrected chi connectivity index (χ3v) is 3.19. The molecule has 0 saturated carbocycles. The second kappa shape index (κ2) is 9.80. The third kappa shape index (κ3) is 11.0. The van der Waals surface area contributed by atoms with Gasteiger partial charge in [-0.1, -0.05) is 34.6 Å². The summed E-state index contributed by atoms with van der Waals surface area (Å²) >= 11 is 0. The largest absolute Gasteiger partial charge is 0.393 e. The van der Waals surface area contributed by atoms with E-state index in [0.29, 0.717) is 23.9 Å². The zero-order chi connectivity index (χ0) is 14.1. The lowest BCUT2D eigenvalue weighted by molar-refractivity contribution is 0.0144. The lowest BCUT2D eigenvalue weighted by Gasteiger charge is -2.24. The Morgan fingerprint density at radius 3 is 1.89 bits per heavy atom. The van der Waals surface area contributed by atoms with E-state index in [-0.39, 0.29) is 6.10 Å². The first-order chi connectivity index (χ1) is 8.31. The minimum atomic E-state index is -0.199. The van der Waals surface area contributed by atoms with Gasteiger partial charge in [0.2, 0.25) is 0 Å². The van der Waals surface area contributed by atoms with Crippen molar-refractivity contribution in [2.24, 2.45) is 17.8 Å². The Balaban J connectivity index is 4.05. The summed E-state index contributed by atoms with van der Waals surface area (Å²) in [5.74, 6) is 1.92. The van der Waals surface area contributed by atoms with Crippen LogP contribution >= 0.6 is 0 Å². The number of rotatable bonds is 10. The zero-order valence-electron chi connectivity index (χ0n) is 13.3. The van der Waals surface area contributed by atoms with Crippen LogP contribution in [0.25, 0.3) is 0 Å². The summed E-state index contributed by atoms with van der Waals surface area (Å²) in [4.78, 5) is 0. The highest BCUT2D eigenvalue weighted by atomic mass is 16.5. The highest BCUT2D eigenvalue weighted by Gasteiger charge is 2.16. The van der Waals surface area contributed by atoms with E-state index < -0.39 is 0 Å². The fourth-order valence-electron chi connectivity index (χ4n) is 2.36. The monoisotopic (exact) mass is 258 g/mol. The van der Waals surface area contributed by atoms with Crippen molar-refractivity contribution in [3.8, 4) is 0 Å². The molecular formula is C16H34O2. The Labute approximate surface area is 114 Å². The molecule has 0 amide bonds. The van der Waals surface area contributed by atoms with Crippen molar-refractivity contribution < 1.29 is 9.84 Å². The molecule has 0 rings (SSSR count). The van der Waals surface area contributed by atoms with Crippen LogP contribution in [0.3, 0.4) is 0 Å². The van der Waals surface area contributed by atoms with E-state index in [1.165, 1.54) is 0 Å². The molecule has 1 N–H and O–H groups in total. The van der Waals surface area contributed by atoms with Crippen LogP contribution in [0, 0.1) is 17.8 Å². The Hall–Kier alpha value is -0.0800. The fraction of sp³-hybridized carbons (Fsp3) is 1.00. The Bertz CT molecular complexity index is 188. The van der Waals surface area contributed by atoms with Gasteiger partial charge in [0.15, 0.2) is 0 Å². The fourth-order valence-corrected chi connectivity index (χ4v) is 2.36. The van der Waals surface area contributed by atoms with Crippen molar-refractivity contribution in [3.05, 3.63) is 0 Å². The van der Waals surface area contributed by atoms with E-state index in [4.69, 9.17) is 4.74 Å². The maximum Gasteiger partial charge on any atom is 0.0580 e. The molecule has 0 aromatic carbocycles. The molecule has 0 aliphatic carbocycles. The lowest BCUT2D eigenvalue weighted by Crippen LogP contribution is -2.21. The average Bonchev–Trinajstić information content (AvgIpc) is 2.13. The van der Waals surface area contributed by atoms with Gasteiger partial charge in [0, 0.05) is 6.61 Å². The van der Waals surface area contributed by atoms with Gasteiger partial charge in [-0.2, -0.15) is 0 Å². The van der Waals surface area contributed by atoms with Crippen LogP contribution in [-0.4, -0.2) is 23.9 Å². The molecule has 110 valence electrons. The minimum absolute atomic E-state index is 0.199. The van der Waals surface area contributed by atoms with Crippen LogP contribution in [0.5, 0.6) is 0 Å². The number of hydrogen-bond donors (Lipinski definition) is 1. The Morgan fingerprint density at radius 2 is 1.44 bits per heavy atom. The molecule has 18 heavy (non-hydrogen) atoms. The number of hydrogen-bond acceptors (Lipinski definition) is 2. The first-order valence-electron chi connectivity index (χ1n) is 7.60. The summed E-state index contributed by atoms with van der Waals surface area (Å²) in [6.45, 7) is 13.9. The average molecular weight is 258 g/mol. The van der Waals surface area contributed by atoms with Crippen molar-refractivity contribution in [3.63, 3.8) is 0 Å². The molecular weight excluding hydrogens is 224 g/mol. The maximum atomic E-state index is 9.43. The van der Waals surface area contributed by atoms with Gasteiger partial charge < -0.3 is 9.84 Å². The van der Waals surface area contributed by atoms with Gasteiger partial charge in [-0.15, -0.1) is 0 Å². The van der Waals surface area contributed by atoms with E-state index in [0.717, 1.165) is 32.3 Å². The lowest BCUT2D eigenvalue weighted by atomic mass is 9.93. The molecule has 0 saturated heterocycles. The normalized spacial score (nSPS) is 17.2. The van der Waals surface area contributed by atoms with Crippen molar-refractivity contribution in [2.45, 2.75) is 79.4 Å². The van der Waals surface area contributed by atoms with Crippen LogP contribution in [-0.2, 0) is 4.74 Å². The summed E-state index contributed by atoms with van der Waals surface area (Å²) in [6, 6.07) is 0. The van der Waals surface area contributed by atoms with Crippen molar-refractivity contribution >= 4 is 0 Å². The van der Waals surface area contributed by atoms with Crippen LogP contribution in [0.15, 0.2) is 0 Å². The summed E-state index contributed by atoms with van der Waals surface area (Å²) in [7, 11) is 0. The van der Waals surface area contributed by atoms with Crippen LogP contribution in [0.4, 0.5) is 0 Å². The summed E-state index contributed by atoms with van der Waals surface area (Å²) < 4.78 is 6.03. The minimum Gasteiger partial charge on any atom is -0.393 e. The first kappa shape index (κ1) is 17.9. The number of aliphatic hydroxyl groups excluding tert-OH is 1. The quantitative estimate of drug-likeness (QED) is 0.634. The van der Waals surface area contributed by atoms with Crippen molar-refractivity contribution in [1.82, 2.24) is 0 Å². The van der Waals surface area contributed by atoms with Crippen molar-refractivity contribution in [2.75, 3.05) is 6.61 Å².